The molecule has 1 aromatic carbocycles. The van der Waals surface area contributed by atoms with E-state index in [2.05, 4.69) is 41.5 Å². The number of hydrogen-bond donors (Lipinski definition) is 1. The van der Waals surface area contributed by atoms with Crippen LogP contribution >= 0.6 is 11.8 Å². The lowest BCUT2D eigenvalue weighted by Crippen LogP contribution is -2.22. The van der Waals surface area contributed by atoms with E-state index in [0.29, 0.717) is 11.1 Å². The first-order chi connectivity index (χ1) is 12.1. The second-order valence-corrected chi connectivity index (χ2v) is 7.40. The zero-order valence-corrected chi connectivity index (χ0v) is 15.5. The molecule has 0 saturated heterocycles. The third kappa shape index (κ3) is 4.02. The summed E-state index contributed by atoms with van der Waals surface area (Å²) in [5.41, 5.74) is 2.88. The highest BCUT2D eigenvalue weighted by Crippen LogP contribution is 2.24. The first-order valence-electron chi connectivity index (χ1n) is 8.45. The molecule has 0 spiro atoms. The smallest absolute Gasteiger partial charge is 0.237 e. The number of aromatic nitrogens is 3. The molecule has 1 N–H and O–H groups in total. The second-order valence-electron chi connectivity index (χ2n) is 6.09. The Kier molecular flexibility index (Phi) is 5.38. The van der Waals surface area contributed by atoms with Crippen LogP contribution in [0.4, 0.5) is 5.69 Å². The fourth-order valence-electron chi connectivity index (χ4n) is 2.49. The summed E-state index contributed by atoms with van der Waals surface area (Å²) in [5.74, 6) is 0.481. The third-order valence-electron chi connectivity index (χ3n) is 4.29. The summed E-state index contributed by atoms with van der Waals surface area (Å²) >= 11 is 1.40. The van der Waals surface area contributed by atoms with Crippen LogP contribution in [-0.2, 0) is 4.79 Å². The van der Waals surface area contributed by atoms with Crippen LogP contribution in [0.3, 0.4) is 0 Å². The van der Waals surface area contributed by atoms with Crippen LogP contribution in [0, 0.1) is 0 Å². The summed E-state index contributed by atoms with van der Waals surface area (Å²) in [6, 6.07) is 13.8. The van der Waals surface area contributed by atoms with E-state index in [-0.39, 0.29) is 11.2 Å². The number of fused-ring (bicyclic) bond motifs is 1. The molecule has 0 aliphatic heterocycles. The Labute approximate surface area is 151 Å². The fourth-order valence-corrected chi connectivity index (χ4v) is 3.32. The average Bonchev–Trinajstić information content (AvgIpc) is 3.04. The molecule has 2 aromatic heterocycles. The molecule has 0 fully saturated rings. The number of benzene rings is 1. The molecular formula is C19H22N4OS. The monoisotopic (exact) mass is 354 g/mol. The SMILES string of the molecule is CC[C@@H](C)c1ccc(NC(=O)[C@H](C)Sc2nnc3ccccn23)cc1. The molecule has 5 nitrogen and oxygen atoms in total. The number of carbonyl (C=O) groups is 1. The van der Waals surface area contributed by atoms with Gasteiger partial charge in [-0.1, -0.05) is 43.8 Å². The van der Waals surface area contributed by atoms with Crippen molar-refractivity contribution in [3.63, 3.8) is 0 Å². The molecule has 3 rings (SSSR count). The zero-order valence-electron chi connectivity index (χ0n) is 14.6. The van der Waals surface area contributed by atoms with Crippen LogP contribution in [-0.4, -0.2) is 25.8 Å². The summed E-state index contributed by atoms with van der Waals surface area (Å²) in [6.45, 7) is 6.25. The lowest BCUT2D eigenvalue weighted by atomic mass is 9.99. The summed E-state index contributed by atoms with van der Waals surface area (Å²) < 4.78 is 1.88. The quantitative estimate of drug-likeness (QED) is 0.668. The normalized spacial score (nSPS) is 13.6. The second kappa shape index (κ2) is 7.70. The van der Waals surface area contributed by atoms with Crippen molar-refractivity contribution in [2.75, 3.05) is 5.32 Å². The van der Waals surface area contributed by atoms with E-state index in [1.54, 1.807) is 0 Å². The average molecular weight is 354 g/mol. The summed E-state index contributed by atoms with van der Waals surface area (Å²) in [5, 5.41) is 11.7. The molecule has 0 saturated carbocycles. The van der Waals surface area contributed by atoms with Gasteiger partial charge in [0.15, 0.2) is 10.8 Å². The van der Waals surface area contributed by atoms with Gasteiger partial charge in [0.05, 0.1) is 5.25 Å². The van der Waals surface area contributed by atoms with Crippen molar-refractivity contribution in [3.8, 4) is 0 Å². The minimum atomic E-state index is -0.276. The van der Waals surface area contributed by atoms with Gasteiger partial charge in [0, 0.05) is 11.9 Å². The number of carbonyl (C=O) groups excluding carboxylic acids is 1. The molecule has 0 bridgehead atoms. The van der Waals surface area contributed by atoms with Gasteiger partial charge in [-0.2, -0.15) is 0 Å². The first kappa shape index (κ1) is 17.5. The number of anilines is 1. The van der Waals surface area contributed by atoms with E-state index in [9.17, 15) is 4.79 Å². The van der Waals surface area contributed by atoms with Crippen molar-refractivity contribution < 1.29 is 4.79 Å². The first-order valence-corrected chi connectivity index (χ1v) is 9.33. The number of pyridine rings is 1. The van der Waals surface area contributed by atoms with Crippen LogP contribution in [0.2, 0.25) is 0 Å². The molecular weight excluding hydrogens is 332 g/mol. The van der Waals surface area contributed by atoms with Gasteiger partial charge in [-0.25, -0.2) is 0 Å². The number of hydrogen-bond acceptors (Lipinski definition) is 4. The van der Waals surface area contributed by atoms with Gasteiger partial charge in [0.25, 0.3) is 0 Å². The topological polar surface area (TPSA) is 59.3 Å². The molecule has 130 valence electrons. The van der Waals surface area contributed by atoms with Crippen LogP contribution < -0.4 is 5.32 Å². The Hall–Kier alpha value is -2.34. The molecule has 0 unspecified atom stereocenters. The molecule has 6 heteroatoms. The standard InChI is InChI=1S/C19H22N4OS/c1-4-13(2)15-8-10-16(11-9-15)20-18(24)14(3)25-19-22-21-17-7-5-6-12-23(17)19/h5-14H,4H2,1-3H3,(H,20,24)/t13-,14+/m1/s1. The maximum absolute atomic E-state index is 12.5. The predicted octanol–water partition coefficient (Wildman–Crippen LogP) is 4.36. The van der Waals surface area contributed by atoms with E-state index in [1.165, 1.54) is 17.3 Å². The molecule has 0 aliphatic carbocycles. The van der Waals surface area contributed by atoms with Gasteiger partial charge >= 0.3 is 0 Å². The molecule has 0 radical (unpaired) electrons. The fraction of sp³-hybridized carbons (Fsp3) is 0.316. The van der Waals surface area contributed by atoms with Crippen molar-refractivity contribution in [1.82, 2.24) is 14.6 Å². The van der Waals surface area contributed by atoms with Gasteiger partial charge < -0.3 is 5.32 Å². The van der Waals surface area contributed by atoms with Crippen molar-refractivity contribution >= 4 is 29.0 Å². The van der Waals surface area contributed by atoms with E-state index < -0.39 is 0 Å². The molecule has 25 heavy (non-hydrogen) atoms. The minimum absolute atomic E-state index is 0.0472. The number of nitrogens with one attached hydrogen (secondary N) is 1. The number of thioether (sulfide) groups is 1. The largest absolute Gasteiger partial charge is 0.325 e. The molecule has 0 aliphatic rings. The highest BCUT2D eigenvalue weighted by Gasteiger charge is 2.18. The van der Waals surface area contributed by atoms with Crippen LogP contribution in [0.15, 0.2) is 53.8 Å². The highest BCUT2D eigenvalue weighted by molar-refractivity contribution is 8.00. The number of nitrogens with zero attached hydrogens (tertiary/aromatic N) is 3. The Balaban J connectivity index is 1.64. The predicted molar refractivity (Wildman–Crippen MR) is 102 cm³/mol. The van der Waals surface area contributed by atoms with E-state index in [1.807, 2.05) is 47.9 Å². The Morgan fingerprint density at radius 3 is 2.64 bits per heavy atom. The van der Waals surface area contributed by atoms with Crippen molar-refractivity contribution in [2.24, 2.45) is 0 Å². The summed E-state index contributed by atoms with van der Waals surface area (Å²) in [6.07, 6.45) is 3.00. The van der Waals surface area contributed by atoms with Crippen LogP contribution in [0.1, 0.15) is 38.7 Å². The van der Waals surface area contributed by atoms with Crippen LogP contribution in [0.25, 0.3) is 5.65 Å². The molecule has 2 atom stereocenters. The van der Waals surface area contributed by atoms with Crippen molar-refractivity contribution in [3.05, 3.63) is 54.2 Å². The van der Waals surface area contributed by atoms with Crippen molar-refractivity contribution in [2.45, 2.75) is 43.5 Å². The lowest BCUT2D eigenvalue weighted by molar-refractivity contribution is -0.115. The maximum atomic E-state index is 12.5. The van der Waals surface area contributed by atoms with Gasteiger partial charge in [0.2, 0.25) is 5.91 Å². The number of rotatable bonds is 6. The molecule has 2 heterocycles. The van der Waals surface area contributed by atoms with E-state index in [4.69, 9.17) is 0 Å². The van der Waals surface area contributed by atoms with E-state index >= 15 is 0 Å². The Bertz CT molecular complexity index is 859. The van der Waals surface area contributed by atoms with Crippen LogP contribution in [0.5, 0.6) is 0 Å². The lowest BCUT2D eigenvalue weighted by Gasteiger charge is -2.13. The maximum Gasteiger partial charge on any atom is 0.237 e. The number of amides is 1. The van der Waals surface area contributed by atoms with Gasteiger partial charge in [0.1, 0.15) is 0 Å². The Morgan fingerprint density at radius 2 is 1.92 bits per heavy atom. The third-order valence-corrected chi connectivity index (χ3v) is 5.35. The summed E-state index contributed by atoms with van der Waals surface area (Å²) in [7, 11) is 0. The minimum Gasteiger partial charge on any atom is -0.325 e. The van der Waals surface area contributed by atoms with Gasteiger partial charge in [-0.15, -0.1) is 10.2 Å². The van der Waals surface area contributed by atoms with Crippen molar-refractivity contribution in [1.29, 1.82) is 0 Å². The summed E-state index contributed by atoms with van der Waals surface area (Å²) in [4.78, 5) is 12.5. The molecule has 3 aromatic rings. The molecule has 1 amide bonds. The zero-order chi connectivity index (χ0) is 17.8. The van der Waals surface area contributed by atoms with Gasteiger partial charge in [-0.3, -0.25) is 9.20 Å². The van der Waals surface area contributed by atoms with Gasteiger partial charge in [-0.05, 0) is 49.1 Å². The Morgan fingerprint density at radius 1 is 1.16 bits per heavy atom. The van der Waals surface area contributed by atoms with E-state index in [0.717, 1.165) is 17.8 Å². The highest BCUT2D eigenvalue weighted by atomic mass is 32.2.